The Kier molecular flexibility index (Phi) is 7.28. The van der Waals surface area contributed by atoms with E-state index in [4.69, 9.17) is 0 Å². The van der Waals surface area contributed by atoms with Gasteiger partial charge in [0.2, 0.25) is 11.8 Å². The Balaban J connectivity index is 1.49. The number of anilines is 1. The van der Waals surface area contributed by atoms with Crippen LogP contribution in [0.3, 0.4) is 0 Å². The molecule has 0 unspecified atom stereocenters. The lowest BCUT2D eigenvalue weighted by Gasteiger charge is -2.23. The quantitative estimate of drug-likeness (QED) is 0.486. The van der Waals surface area contributed by atoms with Crippen molar-refractivity contribution in [1.29, 1.82) is 0 Å². The zero-order chi connectivity index (χ0) is 24.1. The minimum atomic E-state index is -4.01. The third-order valence-electron chi connectivity index (χ3n) is 5.57. The van der Waals surface area contributed by atoms with Crippen molar-refractivity contribution in [3.8, 4) is 0 Å². The predicted molar refractivity (Wildman–Crippen MR) is 128 cm³/mol. The SMILES string of the molecule is O=C(CN(c1ccc(F)cc1)S(=O)(=O)c1cccs1)NCc1ccccc1CN1CCCC1=O. The van der Waals surface area contributed by atoms with Crippen LogP contribution in [0, 0.1) is 5.82 Å². The fourth-order valence-corrected chi connectivity index (χ4v) is 6.31. The van der Waals surface area contributed by atoms with Gasteiger partial charge in [0, 0.05) is 26.1 Å². The first kappa shape index (κ1) is 23.9. The van der Waals surface area contributed by atoms with Gasteiger partial charge in [-0.05, 0) is 53.3 Å². The smallest absolute Gasteiger partial charge is 0.274 e. The second-order valence-electron chi connectivity index (χ2n) is 7.88. The summed E-state index contributed by atoms with van der Waals surface area (Å²) < 4.78 is 40.9. The van der Waals surface area contributed by atoms with Crippen LogP contribution in [0.25, 0.3) is 0 Å². The molecule has 10 heteroatoms. The van der Waals surface area contributed by atoms with Crippen LogP contribution in [-0.2, 0) is 32.7 Å². The van der Waals surface area contributed by atoms with Gasteiger partial charge in [-0.3, -0.25) is 13.9 Å². The highest BCUT2D eigenvalue weighted by Crippen LogP contribution is 2.26. The van der Waals surface area contributed by atoms with E-state index in [0.29, 0.717) is 19.5 Å². The molecule has 0 atom stereocenters. The molecule has 4 rings (SSSR count). The van der Waals surface area contributed by atoms with E-state index >= 15 is 0 Å². The van der Waals surface area contributed by atoms with E-state index in [1.54, 1.807) is 16.3 Å². The molecule has 7 nitrogen and oxygen atoms in total. The summed E-state index contributed by atoms with van der Waals surface area (Å²) in [5, 5.41) is 4.42. The fraction of sp³-hybridized carbons (Fsp3) is 0.250. The fourth-order valence-electron chi connectivity index (χ4n) is 3.78. The molecule has 1 aliphatic heterocycles. The minimum Gasteiger partial charge on any atom is -0.350 e. The number of hydrogen-bond acceptors (Lipinski definition) is 5. The molecule has 1 fully saturated rings. The molecule has 2 amide bonds. The van der Waals surface area contributed by atoms with Gasteiger partial charge in [0.1, 0.15) is 16.6 Å². The first-order valence-electron chi connectivity index (χ1n) is 10.8. The van der Waals surface area contributed by atoms with Crippen molar-refractivity contribution in [2.75, 3.05) is 17.4 Å². The molecule has 1 saturated heterocycles. The zero-order valence-electron chi connectivity index (χ0n) is 18.3. The summed E-state index contributed by atoms with van der Waals surface area (Å²) in [6, 6.07) is 15.6. The van der Waals surface area contributed by atoms with Crippen molar-refractivity contribution in [2.24, 2.45) is 0 Å². The molecule has 178 valence electrons. The summed E-state index contributed by atoms with van der Waals surface area (Å²) in [4.78, 5) is 26.6. The number of thiophene rings is 1. The van der Waals surface area contributed by atoms with Gasteiger partial charge in [-0.25, -0.2) is 12.8 Å². The average Bonchev–Trinajstić information content (AvgIpc) is 3.50. The number of carbonyl (C=O) groups excluding carboxylic acids is 2. The monoisotopic (exact) mass is 501 g/mol. The minimum absolute atomic E-state index is 0.0882. The maximum absolute atomic E-state index is 13.4. The summed E-state index contributed by atoms with van der Waals surface area (Å²) >= 11 is 1.04. The molecule has 2 aromatic carbocycles. The number of carbonyl (C=O) groups is 2. The van der Waals surface area contributed by atoms with Crippen LogP contribution in [0.4, 0.5) is 10.1 Å². The lowest BCUT2D eigenvalue weighted by atomic mass is 10.1. The molecule has 1 aliphatic rings. The molecule has 0 spiro atoms. The molecule has 1 N–H and O–H groups in total. The van der Waals surface area contributed by atoms with E-state index in [2.05, 4.69) is 5.32 Å². The Hall–Kier alpha value is -3.24. The highest BCUT2D eigenvalue weighted by Gasteiger charge is 2.28. The van der Waals surface area contributed by atoms with Crippen molar-refractivity contribution in [1.82, 2.24) is 10.2 Å². The number of halogens is 1. The van der Waals surface area contributed by atoms with Crippen LogP contribution < -0.4 is 9.62 Å². The number of nitrogens with one attached hydrogen (secondary N) is 1. The van der Waals surface area contributed by atoms with E-state index in [1.807, 2.05) is 24.3 Å². The van der Waals surface area contributed by atoms with Gasteiger partial charge in [0.05, 0.1) is 5.69 Å². The maximum Gasteiger partial charge on any atom is 0.274 e. The van der Waals surface area contributed by atoms with E-state index in [1.165, 1.54) is 18.2 Å². The highest BCUT2D eigenvalue weighted by atomic mass is 32.2. The summed E-state index contributed by atoms with van der Waals surface area (Å²) in [5.74, 6) is -0.890. The van der Waals surface area contributed by atoms with Crippen LogP contribution >= 0.6 is 11.3 Å². The highest BCUT2D eigenvalue weighted by molar-refractivity contribution is 7.94. The molecular formula is C24H24FN3O4S2. The van der Waals surface area contributed by atoms with Crippen LogP contribution in [0.1, 0.15) is 24.0 Å². The largest absolute Gasteiger partial charge is 0.350 e. The normalized spacial score (nSPS) is 13.8. The van der Waals surface area contributed by atoms with E-state index in [-0.39, 0.29) is 22.3 Å². The van der Waals surface area contributed by atoms with E-state index in [9.17, 15) is 22.4 Å². The lowest BCUT2D eigenvalue weighted by Crippen LogP contribution is -2.40. The van der Waals surface area contributed by atoms with Gasteiger partial charge in [0.15, 0.2) is 0 Å². The topological polar surface area (TPSA) is 86.8 Å². The van der Waals surface area contributed by atoms with Gasteiger partial charge in [0.25, 0.3) is 10.0 Å². The first-order chi connectivity index (χ1) is 16.3. The lowest BCUT2D eigenvalue weighted by molar-refractivity contribution is -0.128. The van der Waals surface area contributed by atoms with Crippen molar-refractivity contribution < 1.29 is 22.4 Å². The standard InChI is InChI=1S/C24H24FN3O4S2/c25-20-9-11-21(12-10-20)28(34(31,32)24-8-4-14-33-24)17-22(29)26-15-18-5-1-2-6-19(18)16-27-13-3-7-23(27)30/h1-2,4-6,8-12,14H,3,7,13,15-17H2,(H,26,29). The van der Waals surface area contributed by atoms with Gasteiger partial charge in [-0.1, -0.05) is 30.3 Å². The van der Waals surface area contributed by atoms with Gasteiger partial charge in [-0.15, -0.1) is 11.3 Å². The second-order valence-corrected chi connectivity index (χ2v) is 10.9. The van der Waals surface area contributed by atoms with Crippen LogP contribution in [0.15, 0.2) is 70.3 Å². The Labute approximate surface area is 201 Å². The predicted octanol–water partition coefficient (Wildman–Crippen LogP) is 3.52. The molecular weight excluding hydrogens is 477 g/mol. The van der Waals surface area contributed by atoms with Gasteiger partial charge >= 0.3 is 0 Å². The van der Waals surface area contributed by atoms with Crippen molar-refractivity contribution in [3.63, 3.8) is 0 Å². The summed E-state index contributed by atoms with van der Waals surface area (Å²) in [5.41, 5.74) is 1.97. The number of sulfonamides is 1. The number of benzene rings is 2. The number of amides is 2. The van der Waals surface area contributed by atoms with Crippen LogP contribution in [0.5, 0.6) is 0 Å². The van der Waals surface area contributed by atoms with Crippen molar-refractivity contribution in [2.45, 2.75) is 30.1 Å². The average molecular weight is 502 g/mol. The Bertz CT molecular complexity index is 1260. The number of nitrogens with zero attached hydrogens (tertiary/aromatic N) is 2. The van der Waals surface area contributed by atoms with E-state index in [0.717, 1.165) is 45.3 Å². The number of rotatable bonds is 9. The Morgan fingerprint density at radius 2 is 1.79 bits per heavy atom. The second kappa shape index (κ2) is 10.4. The van der Waals surface area contributed by atoms with Gasteiger partial charge < -0.3 is 10.2 Å². The summed E-state index contributed by atoms with van der Waals surface area (Å²) in [7, 11) is -4.01. The molecule has 0 bridgehead atoms. The van der Waals surface area contributed by atoms with Crippen LogP contribution in [0.2, 0.25) is 0 Å². The molecule has 0 saturated carbocycles. The zero-order valence-corrected chi connectivity index (χ0v) is 19.9. The van der Waals surface area contributed by atoms with Crippen LogP contribution in [-0.4, -0.2) is 38.2 Å². The summed E-state index contributed by atoms with van der Waals surface area (Å²) in [6.07, 6.45) is 1.40. The van der Waals surface area contributed by atoms with Crippen molar-refractivity contribution >= 4 is 38.9 Å². The molecule has 2 heterocycles. The molecule has 0 aliphatic carbocycles. The molecule has 3 aromatic rings. The third kappa shape index (κ3) is 5.45. The van der Waals surface area contributed by atoms with Crippen molar-refractivity contribution in [3.05, 3.63) is 83.0 Å². The summed E-state index contributed by atoms with van der Waals surface area (Å²) in [6.45, 7) is 0.915. The molecule has 0 radical (unpaired) electrons. The Morgan fingerprint density at radius 1 is 1.06 bits per heavy atom. The molecule has 1 aromatic heterocycles. The van der Waals surface area contributed by atoms with E-state index < -0.39 is 28.3 Å². The maximum atomic E-state index is 13.4. The molecule has 34 heavy (non-hydrogen) atoms. The van der Waals surface area contributed by atoms with Gasteiger partial charge in [-0.2, -0.15) is 0 Å². The Morgan fingerprint density at radius 3 is 2.44 bits per heavy atom. The first-order valence-corrected chi connectivity index (χ1v) is 13.1. The third-order valence-corrected chi connectivity index (χ3v) is 8.72. The number of likely N-dealkylation sites (tertiary alicyclic amines) is 1. The number of hydrogen-bond donors (Lipinski definition) is 1.